The zero-order valence-electron chi connectivity index (χ0n) is 21.9. The van der Waals surface area contributed by atoms with E-state index in [1.807, 2.05) is 23.9 Å². The van der Waals surface area contributed by atoms with E-state index < -0.39 is 0 Å². The number of hydrogen-bond donors (Lipinski definition) is 0. The first-order valence-electron chi connectivity index (χ1n) is 12.6. The summed E-state index contributed by atoms with van der Waals surface area (Å²) in [7, 11) is 7.72. The zero-order chi connectivity index (χ0) is 24.8. The second-order valence-electron chi connectivity index (χ2n) is 9.88. The zero-order valence-corrected chi connectivity index (χ0v) is 21.9. The Morgan fingerprint density at radius 3 is 2.40 bits per heavy atom. The largest absolute Gasteiger partial charge is 0.497 e. The van der Waals surface area contributed by atoms with Crippen molar-refractivity contribution in [3.8, 4) is 11.5 Å². The standard InChI is InChI=1S/C29H40N4O2/c1-22-26(20-32(3)30-22)19-31(2)28(17-23-9-7-6-8-10-23)24-13-15-33(16-14-24)21-25-11-12-27(34-4)18-29(25)35-5/h6-12,18,20,24,28H,13-17,19,21H2,1-5H3/t28-/m0/s1. The molecule has 188 valence electrons. The van der Waals surface area contributed by atoms with Crippen LogP contribution >= 0.6 is 0 Å². The average Bonchev–Trinajstić information content (AvgIpc) is 3.20. The maximum Gasteiger partial charge on any atom is 0.127 e. The van der Waals surface area contributed by atoms with Gasteiger partial charge < -0.3 is 9.47 Å². The lowest BCUT2D eigenvalue weighted by molar-refractivity contribution is 0.0949. The quantitative estimate of drug-likeness (QED) is 0.424. The smallest absolute Gasteiger partial charge is 0.127 e. The molecular weight excluding hydrogens is 436 g/mol. The molecule has 6 nitrogen and oxygen atoms in total. The molecule has 0 saturated carbocycles. The minimum Gasteiger partial charge on any atom is -0.497 e. The monoisotopic (exact) mass is 476 g/mol. The van der Waals surface area contributed by atoms with Crippen LogP contribution in [0.15, 0.2) is 54.7 Å². The van der Waals surface area contributed by atoms with Gasteiger partial charge in [0.15, 0.2) is 0 Å². The maximum atomic E-state index is 5.63. The molecule has 2 heterocycles. The summed E-state index contributed by atoms with van der Waals surface area (Å²) in [5.74, 6) is 2.39. The molecule has 0 unspecified atom stereocenters. The van der Waals surface area contributed by atoms with Crippen LogP contribution in [-0.2, 0) is 26.6 Å². The Morgan fingerprint density at radius 2 is 1.77 bits per heavy atom. The summed E-state index contributed by atoms with van der Waals surface area (Å²) >= 11 is 0. The first-order chi connectivity index (χ1) is 17.0. The van der Waals surface area contributed by atoms with Crippen LogP contribution in [0.3, 0.4) is 0 Å². The molecule has 0 bridgehead atoms. The first-order valence-corrected chi connectivity index (χ1v) is 12.6. The fourth-order valence-electron chi connectivity index (χ4n) is 5.45. The molecule has 1 atom stereocenters. The van der Waals surface area contributed by atoms with Gasteiger partial charge in [0.2, 0.25) is 0 Å². The van der Waals surface area contributed by atoms with Gasteiger partial charge in [0.25, 0.3) is 0 Å². The summed E-state index contributed by atoms with van der Waals surface area (Å²) in [6.07, 6.45) is 5.64. The molecule has 2 aromatic carbocycles. The van der Waals surface area contributed by atoms with Crippen molar-refractivity contribution in [3.05, 3.63) is 77.1 Å². The van der Waals surface area contributed by atoms with Gasteiger partial charge in [-0.25, -0.2) is 0 Å². The Labute approximate surface area is 210 Å². The van der Waals surface area contributed by atoms with E-state index in [2.05, 4.69) is 71.5 Å². The SMILES string of the molecule is COc1ccc(CN2CCC([C@H](Cc3ccccc3)N(C)Cc3cn(C)nc3C)CC2)c(OC)c1. The Hall–Kier alpha value is -2.83. The van der Waals surface area contributed by atoms with Crippen LogP contribution in [0.5, 0.6) is 11.5 Å². The van der Waals surface area contributed by atoms with Crippen LogP contribution < -0.4 is 9.47 Å². The lowest BCUT2D eigenvalue weighted by atomic mass is 9.84. The summed E-state index contributed by atoms with van der Waals surface area (Å²) in [4.78, 5) is 5.12. The van der Waals surface area contributed by atoms with Gasteiger partial charge in [-0.1, -0.05) is 36.4 Å². The third kappa shape index (κ3) is 6.44. The van der Waals surface area contributed by atoms with E-state index in [9.17, 15) is 0 Å². The van der Waals surface area contributed by atoms with Crippen LogP contribution in [0.25, 0.3) is 0 Å². The van der Waals surface area contributed by atoms with Crippen molar-refractivity contribution in [3.63, 3.8) is 0 Å². The molecule has 1 aromatic heterocycles. The number of likely N-dealkylation sites (N-methyl/N-ethyl adjacent to an activating group) is 1. The van der Waals surface area contributed by atoms with Gasteiger partial charge in [-0.2, -0.15) is 5.10 Å². The van der Waals surface area contributed by atoms with Gasteiger partial charge in [-0.3, -0.25) is 14.5 Å². The number of likely N-dealkylation sites (tertiary alicyclic amines) is 1. The van der Waals surface area contributed by atoms with Crippen molar-refractivity contribution in [2.45, 2.75) is 45.3 Å². The predicted octanol–water partition coefficient (Wildman–Crippen LogP) is 4.70. The third-order valence-electron chi connectivity index (χ3n) is 7.45. The highest BCUT2D eigenvalue weighted by Crippen LogP contribution is 2.30. The highest BCUT2D eigenvalue weighted by Gasteiger charge is 2.30. The van der Waals surface area contributed by atoms with E-state index >= 15 is 0 Å². The Morgan fingerprint density at radius 1 is 1.03 bits per heavy atom. The van der Waals surface area contributed by atoms with Crippen LogP contribution in [0.4, 0.5) is 0 Å². The second kappa shape index (κ2) is 11.7. The summed E-state index contributed by atoms with van der Waals surface area (Å²) in [5, 5.41) is 4.56. The van der Waals surface area contributed by atoms with E-state index in [1.54, 1.807) is 14.2 Å². The number of piperidine rings is 1. The Bertz CT molecular complexity index is 1070. The number of aryl methyl sites for hydroxylation is 2. The Kier molecular flexibility index (Phi) is 8.47. The fourth-order valence-corrected chi connectivity index (χ4v) is 5.45. The van der Waals surface area contributed by atoms with E-state index in [1.165, 1.54) is 29.5 Å². The van der Waals surface area contributed by atoms with Crippen molar-refractivity contribution < 1.29 is 9.47 Å². The van der Waals surface area contributed by atoms with Crippen LogP contribution in [-0.4, -0.2) is 60.0 Å². The highest BCUT2D eigenvalue weighted by atomic mass is 16.5. The molecule has 0 N–H and O–H groups in total. The molecule has 0 spiro atoms. The molecule has 35 heavy (non-hydrogen) atoms. The van der Waals surface area contributed by atoms with Gasteiger partial charge in [0.05, 0.1) is 19.9 Å². The summed E-state index contributed by atoms with van der Waals surface area (Å²) in [6.45, 7) is 6.16. The molecule has 1 saturated heterocycles. The highest BCUT2D eigenvalue weighted by molar-refractivity contribution is 5.40. The lowest BCUT2D eigenvalue weighted by Gasteiger charge is -2.40. The topological polar surface area (TPSA) is 42.8 Å². The van der Waals surface area contributed by atoms with Crippen molar-refractivity contribution >= 4 is 0 Å². The van der Waals surface area contributed by atoms with Crippen molar-refractivity contribution in [2.24, 2.45) is 13.0 Å². The van der Waals surface area contributed by atoms with E-state index in [-0.39, 0.29) is 0 Å². The number of methoxy groups -OCH3 is 2. The third-order valence-corrected chi connectivity index (χ3v) is 7.45. The minimum atomic E-state index is 0.495. The molecule has 4 rings (SSSR count). The van der Waals surface area contributed by atoms with Crippen molar-refractivity contribution in [1.82, 2.24) is 19.6 Å². The molecule has 0 aliphatic carbocycles. The predicted molar refractivity (Wildman–Crippen MR) is 141 cm³/mol. The lowest BCUT2D eigenvalue weighted by Crippen LogP contribution is -2.45. The van der Waals surface area contributed by atoms with Gasteiger partial charge in [-0.15, -0.1) is 0 Å². The minimum absolute atomic E-state index is 0.495. The molecule has 0 amide bonds. The first kappa shape index (κ1) is 25.3. The summed E-state index contributed by atoms with van der Waals surface area (Å²) in [5.41, 5.74) is 5.08. The number of ether oxygens (including phenoxy) is 2. The number of hydrogen-bond acceptors (Lipinski definition) is 5. The van der Waals surface area contributed by atoms with E-state index in [0.717, 1.165) is 49.8 Å². The van der Waals surface area contributed by atoms with E-state index in [0.29, 0.717) is 12.0 Å². The number of aromatic nitrogens is 2. The number of benzene rings is 2. The van der Waals surface area contributed by atoms with E-state index in [4.69, 9.17) is 9.47 Å². The number of nitrogens with zero attached hydrogens (tertiary/aromatic N) is 4. The summed E-state index contributed by atoms with van der Waals surface area (Å²) < 4.78 is 12.9. The number of rotatable bonds is 10. The van der Waals surface area contributed by atoms with Crippen molar-refractivity contribution in [1.29, 1.82) is 0 Å². The molecule has 6 heteroatoms. The van der Waals surface area contributed by atoms with Gasteiger partial charge in [0, 0.05) is 49.6 Å². The van der Waals surface area contributed by atoms with Crippen molar-refractivity contribution in [2.75, 3.05) is 34.4 Å². The maximum absolute atomic E-state index is 5.63. The molecular formula is C29H40N4O2. The van der Waals surface area contributed by atoms with Crippen LogP contribution in [0, 0.1) is 12.8 Å². The van der Waals surface area contributed by atoms with Gasteiger partial charge >= 0.3 is 0 Å². The fraction of sp³-hybridized carbons (Fsp3) is 0.483. The molecule has 1 aliphatic rings. The van der Waals surface area contributed by atoms with Gasteiger partial charge in [0.1, 0.15) is 11.5 Å². The van der Waals surface area contributed by atoms with Crippen LogP contribution in [0.1, 0.15) is 35.2 Å². The molecule has 3 aromatic rings. The molecule has 0 radical (unpaired) electrons. The molecule has 1 aliphatic heterocycles. The van der Waals surface area contributed by atoms with Gasteiger partial charge in [-0.05, 0) is 63.9 Å². The molecule has 1 fully saturated rings. The Balaban J connectivity index is 1.43. The van der Waals surface area contributed by atoms with Crippen LogP contribution in [0.2, 0.25) is 0 Å². The normalized spacial score (nSPS) is 15.9. The summed E-state index contributed by atoms with van der Waals surface area (Å²) in [6, 6.07) is 17.6. The average molecular weight is 477 g/mol. The second-order valence-corrected chi connectivity index (χ2v) is 9.88.